The van der Waals surface area contributed by atoms with Crippen LogP contribution in [0.5, 0.6) is 0 Å². The summed E-state index contributed by atoms with van der Waals surface area (Å²) in [7, 11) is 0. The van der Waals surface area contributed by atoms with Crippen molar-refractivity contribution in [3.8, 4) is 0 Å². The van der Waals surface area contributed by atoms with E-state index >= 15 is 0 Å². The number of carboxylic acid groups (broad SMARTS) is 1. The van der Waals surface area contributed by atoms with Crippen LogP contribution < -0.4 is 0 Å². The fourth-order valence-corrected chi connectivity index (χ4v) is 5.63. The van der Waals surface area contributed by atoms with Crippen LogP contribution in [0.4, 0.5) is 0 Å². The Labute approximate surface area is 267 Å². The minimum Gasteiger partial charge on any atom is -0.481 e. The van der Waals surface area contributed by atoms with Crippen molar-refractivity contribution in [2.75, 3.05) is 0 Å². The highest BCUT2D eigenvalue weighted by Crippen LogP contribution is 2.19. The van der Waals surface area contributed by atoms with Gasteiger partial charge in [-0.05, 0) is 64.2 Å². The number of hydrogen-bond acceptors (Lipinski definition) is 3. The summed E-state index contributed by atoms with van der Waals surface area (Å²) < 4.78 is 5.99. The number of aliphatic carboxylic acids is 1. The lowest BCUT2D eigenvalue weighted by atomic mass is 10.0. The van der Waals surface area contributed by atoms with Crippen LogP contribution in [0.1, 0.15) is 206 Å². The third kappa shape index (κ3) is 34.8. The van der Waals surface area contributed by atoms with Gasteiger partial charge in [0.05, 0.1) is 0 Å². The van der Waals surface area contributed by atoms with Gasteiger partial charge < -0.3 is 9.84 Å². The molecule has 4 nitrogen and oxygen atoms in total. The van der Waals surface area contributed by atoms with Crippen LogP contribution in [0, 0.1) is 0 Å². The van der Waals surface area contributed by atoms with Crippen LogP contribution in [-0.2, 0) is 14.3 Å². The molecule has 1 atom stereocenters. The minimum absolute atomic E-state index is 0.00976. The largest absolute Gasteiger partial charge is 0.481 e. The van der Waals surface area contributed by atoms with E-state index in [2.05, 4.69) is 38.2 Å². The number of unbranched alkanes of at least 4 members (excludes halogenated alkanes) is 21. The first-order valence-electron chi connectivity index (χ1n) is 18.8. The summed E-state index contributed by atoms with van der Waals surface area (Å²) in [4.78, 5) is 23.3. The van der Waals surface area contributed by atoms with Crippen molar-refractivity contribution in [2.45, 2.75) is 213 Å². The van der Waals surface area contributed by atoms with Crippen molar-refractivity contribution in [1.29, 1.82) is 0 Å². The molecule has 0 aromatic rings. The molecule has 0 aliphatic heterocycles. The van der Waals surface area contributed by atoms with Gasteiger partial charge in [0.2, 0.25) is 0 Å². The van der Waals surface area contributed by atoms with Crippen molar-refractivity contribution in [2.24, 2.45) is 0 Å². The number of carbonyl (C=O) groups excluding carboxylic acids is 1. The number of rotatable bonds is 34. The average molecular weight is 605 g/mol. The smallest absolute Gasteiger partial charge is 0.306 e. The highest BCUT2D eigenvalue weighted by atomic mass is 16.5. The Morgan fingerprint density at radius 2 is 0.953 bits per heavy atom. The summed E-state index contributed by atoms with van der Waals surface area (Å²) in [6.07, 6.45) is 43.3. The van der Waals surface area contributed by atoms with Crippen molar-refractivity contribution in [3.05, 3.63) is 24.3 Å². The van der Waals surface area contributed by atoms with Crippen LogP contribution in [0.2, 0.25) is 0 Å². The number of esters is 1. The molecule has 43 heavy (non-hydrogen) atoms. The summed E-state index contributed by atoms with van der Waals surface area (Å²) in [6.45, 7) is 4.48. The molecule has 0 fully saturated rings. The number of hydrogen-bond donors (Lipinski definition) is 1. The summed E-state index contributed by atoms with van der Waals surface area (Å²) >= 11 is 0. The summed E-state index contributed by atoms with van der Waals surface area (Å²) in [5.74, 6) is -0.711. The Bertz CT molecular complexity index is 654. The van der Waals surface area contributed by atoms with Crippen LogP contribution in [0.3, 0.4) is 0 Å². The monoisotopic (exact) mass is 605 g/mol. The molecule has 0 heterocycles. The van der Waals surface area contributed by atoms with Gasteiger partial charge in [0.1, 0.15) is 6.10 Å². The first-order valence-corrected chi connectivity index (χ1v) is 18.8. The second-order valence-electron chi connectivity index (χ2n) is 12.8. The molecular formula is C39H72O4. The molecule has 0 saturated heterocycles. The molecule has 0 aliphatic carbocycles. The topological polar surface area (TPSA) is 63.6 Å². The second kappa shape index (κ2) is 34.9. The lowest BCUT2D eigenvalue weighted by Crippen LogP contribution is -2.18. The Morgan fingerprint density at radius 1 is 0.512 bits per heavy atom. The molecule has 1 unspecified atom stereocenters. The minimum atomic E-state index is -0.701. The summed E-state index contributed by atoms with van der Waals surface area (Å²) in [5, 5.41) is 8.80. The number of allylic oxidation sites excluding steroid dienone is 4. The molecule has 0 aliphatic rings. The van der Waals surface area contributed by atoms with Gasteiger partial charge in [-0.2, -0.15) is 0 Å². The van der Waals surface area contributed by atoms with E-state index in [-0.39, 0.29) is 18.5 Å². The van der Waals surface area contributed by atoms with E-state index < -0.39 is 5.97 Å². The normalized spacial score (nSPS) is 12.4. The predicted molar refractivity (Wildman–Crippen MR) is 186 cm³/mol. The van der Waals surface area contributed by atoms with Crippen LogP contribution in [0.25, 0.3) is 0 Å². The lowest BCUT2D eigenvalue weighted by molar-refractivity contribution is -0.150. The van der Waals surface area contributed by atoms with E-state index in [0.29, 0.717) is 6.42 Å². The Hall–Kier alpha value is -1.58. The molecule has 252 valence electrons. The zero-order valence-corrected chi connectivity index (χ0v) is 28.8. The molecule has 0 saturated carbocycles. The third-order valence-electron chi connectivity index (χ3n) is 8.41. The maximum absolute atomic E-state index is 12.6. The highest BCUT2D eigenvalue weighted by Gasteiger charge is 2.14. The van der Waals surface area contributed by atoms with Crippen molar-refractivity contribution in [3.63, 3.8) is 0 Å². The third-order valence-corrected chi connectivity index (χ3v) is 8.41. The maximum Gasteiger partial charge on any atom is 0.306 e. The van der Waals surface area contributed by atoms with Gasteiger partial charge in [0.15, 0.2) is 0 Å². The number of ether oxygens (including phenoxy) is 1. The van der Waals surface area contributed by atoms with E-state index in [0.717, 1.165) is 77.0 Å². The SMILES string of the molecule is CCC/C=C\C/C=C\CCCCCCCC(=O)OC(CCCCCCCCCCCCCC)CCCCCCCC(=O)O. The van der Waals surface area contributed by atoms with Gasteiger partial charge in [-0.1, -0.05) is 154 Å². The van der Waals surface area contributed by atoms with Crippen molar-refractivity contribution in [1.82, 2.24) is 0 Å². The van der Waals surface area contributed by atoms with E-state index in [1.165, 1.54) is 103 Å². The molecule has 0 bridgehead atoms. The first kappa shape index (κ1) is 41.4. The van der Waals surface area contributed by atoms with Gasteiger partial charge in [0.25, 0.3) is 0 Å². The maximum atomic E-state index is 12.6. The Kier molecular flexibility index (Phi) is 33.6. The fraction of sp³-hybridized carbons (Fsp3) is 0.846. The molecule has 0 radical (unpaired) electrons. The molecule has 0 spiro atoms. The van der Waals surface area contributed by atoms with E-state index in [9.17, 15) is 9.59 Å². The average Bonchev–Trinajstić information content (AvgIpc) is 2.99. The predicted octanol–water partition coefficient (Wildman–Crippen LogP) is 12.8. The molecule has 0 aromatic heterocycles. The molecule has 4 heteroatoms. The van der Waals surface area contributed by atoms with Gasteiger partial charge in [-0.3, -0.25) is 9.59 Å². The molecule has 0 rings (SSSR count). The number of carboxylic acids is 1. The van der Waals surface area contributed by atoms with Crippen LogP contribution in [0.15, 0.2) is 24.3 Å². The zero-order chi connectivity index (χ0) is 31.5. The molecule has 0 amide bonds. The zero-order valence-electron chi connectivity index (χ0n) is 28.8. The van der Waals surface area contributed by atoms with Crippen LogP contribution in [-0.4, -0.2) is 23.1 Å². The van der Waals surface area contributed by atoms with E-state index in [4.69, 9.17) is 9.84 Å². The Morgan fingerprint density at radius 3 is 1.47 bits per heavy atom. The van der Waals surface area contributed by atoms with E-state index in [1.54, 1.807) is 0 Å². The first-order chi connectivity index (χ1) is 21.1. The van der Waals surface area contributed by atoms with Crippen LogP contribution >= 0.6 is 0 Å². The van der Waals surface area contributed by atoms with Gasteiger partial charge in [-0.25, -0.2) is 0 Å². The van der Waals surface area contributed by atoms with Crippen molar-refractivity contribution >= 4 is 11.9 Å². The Balaban J connectivity index is 4.07. The molecular weight excluding hydrogens is 532 g/mol. The second-order valence-corrected chi connectivity index (χ2v) is 12.8. The highest BCUT2D eigenvalue weighted by molar-refractivity contribution is 5.69. The molecule has 0 aromatic carbocycles. The van der Waals surface area contributed by atoms with E-state index in [1.807, 2.05) is 0 Å². The summed E-state index contributed by atoms with van der Waals surface area (Å²) in [6, 6.07) is 0. The quantitative estimate of drug-likeness (QED) is 0.0451. The van der Waals surface area contributed by atoms with Gasteiger partial charge in [-0.15, -0.1) is 0 Å². The number of carbonyl (C=O) groups is 2. The van der Waals surface area contributed by atoms with Crippen molar-refractivity contribution < 1.29 is 19.4 Å². The van der Waals surface area contributed by atoms with Gasteiger partial charge >= 0.3 is 11.9 Å². The fourth-order valence-electron chi connectivity index (χ4n) is 5.63. The molecule has 1 N–H and O–H groups in total. The standard InChI is InChI=1S/C39H72O4/c1-3-5-7-9-11-13-15-17-19-21-23-28-32-36-39(42)43-37(34-30-26-24-27-31-35-38(40)41)33-29-25-22-20-18-16-14-12-10-8-6-4-2/h7,9,13,15,37H,3-6,8,10-12,14,16-36H2,1-2H3,(H,40,41)/b9-7-,15-13-. The lowest BCUT2D eigenvalue weighted by Gasteiger charge is -2.18. The van der Waals surface area contributed by atoms with Gasteiger partial charge in [0, 0.05) is 12.8 Å². The summed E-state index contributed by atoms with van der Waals surface area (Å²) in [5.41, 5.74) is 0.